The summed E-state index contributed by atoms with van der Waals surface area (Å²) in [4.78, 5) is 36.9. The lowest BCUT2D eigenvalue weighted by molar-refractivity contribution is -0.151. The van der Waals surface area contributed by atoms with E-state index < -0.39 is 18.0 Å². The van der Waals surface area contributed by atoms with Crippen molar-refractivity contribution in [2.45, 2.75) is 19.4 Å². The first-order valence-corrected chi connectivity index (χ1v) is 7.92. The van der Waals surface area contributed by atoms with Gasteiger partial charge < -0.3 is 9.47 Å². The van der Waals surface area contributed by atoms with Crippen molar-refractivity contribution in [2.24, 2.45) is 0 Å². The number of methoxy groups -OCH3 is 1. The Kier molecular flexibility index (Phi) is 5.65. The number of benzene rings is 1. The van der Waals surface area contributed by atoms with Gasteiger partial charge in [0.2, 0.25) is 5.78 Å². The fraction of sp³-hybridized carbons (Fsp3) is 0.235. The Morgan fingerprint density at radius 3 is 2.35 bits per heavy atom. The highest BCUT2D eigenvalue weighted by atomic mass is 32.1. The van der Waals surface area contributed by atoms with E-state index in [2.05, 4.69) is 4.74 Å². The number of esters is 2. The summed E-state index contributed by atoms with van der Waals surface area (Å²) in [5, 5.41) is 1.79. The molecule has 1 aromatic carbocycles. The fourth-order valence-corrected chi connectivity index (χ4v) is 2.70. The number of ether oxygens (including phenoxy) is 2. The van der Waals surface area contributed by atoms with Gasteiger partial charge in [0.15, 0.2) is 6.10 Å². The minimum Gasteiger partial charge on any atom is -0.466 e. The molecule has 120 valence electrons. The van der Waals surface area contributed by atoms with Crippen LogP contribution in [0.4, 0.5) is 0 Å². The average molecular weight is 332 g/mol. The molecule has 0 aliphatic rings. The van der Waals surface area contributed by atoms with Crippen LogP contribution in [0.1, 0.15) is 38.9 Å². The number of ketones is 1. The van der Waals surface area contributed by atoms with Crippen LogP contribution in [0.15, 0.2) is 41.8 Å². The van der Waals surface area contributed by atoms with Gasteiger partial charge in [-0.1, -0.05) is 31.2 Å². The Hall–Kier alpha value is -2.47. The molecule has 6 heteroatoms. The monoisotopic (exact) mass is 332 g/mol. The molecule has 0 amide bonds. The number of carbonyl (C=O) groups excluding carboxylic acids is 3. The maximum atomic E-state index is 12.5. The molecule has 0 aliphatic heterocycles. The predicted molar refractivity (Wildman–Crippen MR) is 85.7 cm³/mol. The molecule has 5 nitrogen and oxygen atoms in total. The van der Waals surface area contributed by atoms with Crippen molar-refractivity contribution in [2.75, 3.05) is 7.11 Å². The molecule has 1 heterocycles. The third kappa shape index (κ3) is 3.84. The molecule has 2 aromatic rings. The summed E-state index contributed by atoms with van der Waals surface area (Å²) in [6.45, 7) is 1.71. The number of thiophene rings is 1. The highest BCUT2D eigenvalue weighted by Gasteiger charge is 2.25. The normalized spacial score (nSPS) is 11.6. The van der Waals surface area contributed by atoms with E-state index in [9.17, 15) is 14.4 Å². The SMILES string of the molecule is CC[C@H](OC(=O)c1ccccc1C(=O)c1cccs1)C(=O)OC. The summed E-state index contributed by atoms with van der Waals surface area (Å²) < 4.78 is 9.78. The summed E-state index contributed by atoms with van der Waals surface area (Å²) in [5.74, 6) is -1.59. The zero-order valence-corrected chi connectivity index (χ0v) is 13.6. The van der Waals surface area contributed by atoms with E-state index in [1.165, 1.54) is 24.5 Å². The average Bonchev–Trinajstić information content (AvgIpc) is 3.12. The number of rotatable bonds is 6. The van der Waals surface area contributed by atoms with Crippen molar-refractivity contribution in [3.05, 3.63) is 57.8 Å². The zero-order chi connectivity index (χ0) is 16.8. The fourth-order valence-electron chi connectivity index (χ4n) is 2.02. The van der Waals surface area contributed by atoms with Crippen LogP contribution in [-0.2, 0) is 14.3 Å². The van der Waals surface area contributed by atoms with Crippen LogP contribution < -0.4 is 0 Å². The molecule has 0 spiro atoms. The molecule has 0 radical (unpaired) electrons. The van der Waals surface area contributed by atoms with Crippen LogP contribution in [0.25, 0.3) is 0 Å². The standard InChI is InChI=1S/C17H16O5S/c1-3-13(17(20)21-2)22-16(19)12-8-5-4-7-11(12)15(18)14-9-6-10-23-14/h4-10,13H,3H2,1-2H3/t13-/m0/s1. The Bertz CT molecular complexity index is 706. The topological polar surface area (TPSA) is 69.7 Å². The Morgan fingerprint density at radius 1 is 1.09 bits per heavy atom. The summed E-state index contributed by atoms with van der Waals surface area (Å²) in [7, 11) is 1.23. The Morgan fingerprint density at radius 2 is 1.78 bits per heavy atom. The highest BCUT2D eigenvalue weighted by Crippen LogP contribution is 2.19. The van der Waals surface area contributed by atoms with Crippen molar-refractivity contribution < 1.29 is 23.9 Å². The van der Waals surface area contributed by atoms with Crippen molar-refractivity contribution in [1.82, 2.24) is 0 Å². The van der Waals surface area contributed by atoms with E-state index >= 15 is 0 Å². The van der Waals surface area contributed by atoms with E-state index in [0.29, 0.717) is 11.3 Å². The number of hydrogen-bond acceptors (Lipinski definition) is 6. The maximum Gasteiger partial charge on any atom is 0.347 e. The second-order valence-electron chi connectivity index (χ2n) is 4.68. The molecule has 0 fully saturated rings. The first-order chi connectivity index (χ1) is 11.1. The van der Waals surface area contributed by atoms with Gasteiger partial charge in [-0.3, -0.25) is 4.79 Å². The molecule has 0 N–H and O–H groups in total. The number of hydrogen-bond donors (Lipinski definition) is 0. The second-order valence-corrected chi connectivity index (χ2v) is 5.63. The van der Waals surface area contributed by atoms with Gasteiger partial charge in [-0.05, 0) is 23.9 Å². The molecule has 0 bridgehead atoms. The molecular weight excluding hydrogens is 316 g/mol. The lowest BCUT2D eigenvalue weighted by Crippen LogP contribution is -2.28. The summed E-state index contributed by atoms with van der Waals surface area (Å²) in [6.07, 6.45) is -0.697. The van der Waals surface area contributed by atoms with Crippen LogP contribution in [0.2, 0.25) is 0 Å². The Balaban J connectivity index is 2.28. The van der Waals surface area contributed by atoms with Crippen LogP contribution in [0, 0.1) is 0 Å². The minimum absolute atomic E-state index is 0.133. The molecule has 1 atom stereocenters. The van der Waals surface area contributed by atoms with Crippen LogP contribution in [-0.4, -0.2) is 30.9 Å². The largest absolute Gasteiger partial charge is 0.466 e. The van der Waals surface area contributed by atoms with Crippen LogP contribution >= 0.6 is 11.3 Å². The summed E-state index contributed by atoms with van der Waals surface area (Å²) in [6, 6.07) is 9.85. The van der Waals surface area contributed by atoms with Crippen molar-refractivity contribution in [3.63, 3.8) is 0 Å². The Labute approximate surface area is 137 Å². The predicted octanol–water partition coefficient (Wildman–Crippen LogP) is 3.09. The minimum atomic E-state index is -0.989. The van der Waals surface area contributed by atoms with E-state index in [4.69, 9.17) is 4.74 Å². The summed E-state index contributed by atoms with van der Waals surface area (Å²) >= 11 is 1.30. The van der Waals surface area contributed by atoms with Gasteiger partial charge in [-0.15, -0.1) is 11.3 Å². The molecule has 23 heavy (non-hydrogen) atoms. The van der Waals surface area contributed by atoms with Crippen molar-refractivity contribution in [1.29, 1.82) is 0 Å². The quantitative estimate of drug-likeness (QED) is 0.600. The third-order valence-corrected chi connectivity index (χ3v) is 4.09. The molecule has 0 saturated carbocycles. The molecule has 2 rings (SSSR count). The van der Waals surface area contributed by atoms with E-state index in [1.54, 1.807) is 42.6 Å². The van der Waals surface area contributed by atoms with Crippen molar-refractivity contribution >= 4 is 29.1 Å². The summed E-state index contributed by atoms with van der Waals surface area (Å²) in [5.41, 5.74) is 0.382. The second kappa shape index (κ2) is 7.69. The maximum absolute atomic E-state index is 12.5. The van der Waals surface area contributed by atoms with Gasteiger partial charge in [0, 0.05) is 5.56 Å². The molecule has 0 aliphatic carbocycles. The third-order valence-electron chi connectivity index (χ3n) is 3.22. The smallest absolute Gasteiger partial charge is 0.347 e. The first kappa shape index (κ1) is 16.9. The zero-order valence-electron chi connectivity index (χ0n) is 12.8. The lowest BCUT2D eigenvalue weighted by atomic mass is 10.0. The van der Waals surface area contributed by atoms with Gasteiger partial charge in [0.1, 0.15) is 0 Å². The molecule has 0 unspecified atom stereocenters. The first-order valence-electron chi connectivity index (χ1n) is 7.04. The molecule has 0 saturated heterocycles. The lowest BCUT2D eigenvalue weighted by Gasteiger charge is -2.15. The van der Waals surface area contributed by atoms with E-state index in [1.807, 2.05) is 0 Å². The van der Waals surface area contributed by atoms with Gasteiger partial charge in [0.05, 0.1) is 17.6 Å². The van der Waals surface area contributed by atoms with Gasteiger partial charge in [-0.2, -0.15) is 0 Å². The molecular formula is C17H16O5S. The molecule has 1 aromatic heterocycles. The number of carbonyl (C=O) groups is 3. The van der Waals surface area contributed by atoms with Crippen LogP contribution in [0.3, 0.4) is 0 Å². The van der Waals surface area contributed by atoms with Gasteiger partial charge in [0.25, 0.3) is 0 Å². The van der Waals surface area contributed by atoms with E-state index in [0.717, 1.165) is 0 Å². The van der Waals surface area contributed by atoms with E-state index in [-0.39, 0.29) is 16.9 Å². The van der Waals surface area contributed by atoms with Crippen LogP contribution in [0.5, 0.6) is 0 Å². The van der Waals surface area contributed by atoms with Crippen molar-refractivity contribution in [3.8, 4) is 0 Å². The van der Waals surface area contributed by atoms with Gasteiger partial charge in [-0.25, -0.2) is 9.59 Å². The highest BCUT2D eigenvalue weighted by molar-refractivity contribution is 7.12. The van der Waals surface area contributed by atoms with Gasteiger partial charge >= 0.3 is 11.9 Å².